The number of nitrogens with zero attached hydrogens (tertiary/aromatic N) is 1. The Kier molecular flexibility index (Phi) is 2.95. The Bertz CT molecular complexity index is 406. The van der Waals surface area contributed by atoms with Gasteiger partial charge in [-0.25, -0.2) is 4.39 Å². The summed E-state index contributed by atoms with van der Waals surface area (Å²) >= 11 is 0. The van der Waals surface area contributed by atoms with Crippen molar-refractivity contribution in [2.75, 3.05) is 0 Å². The van der Waals surface area contributed by atoms with E-state index in [4.69, 9.17) is 11.0 Å². The van der Waals surface area contributed by atoms with Gasteiger partial charge in [0.15, 0.2) is 0 Å². The second-order valence-corrected chi connectivity index (χ2v) is 2.84. The van der Waals surface area contributed by atoms with Crippen LogP contribution in [0.3, 0.4) is 0 Å². The number of nitriles is 1. The summed E-state index contributed by atoms with van der Waals surface area (Å²) in [5, 5.41) is 8.41. The fourth-order valence-electron chi connectivity index (χ4n) is 1.11. The summed E-state index contributed by atoms with van der Waals surface area (Å²) < 4.78 is 49.8. The van der Waals surface area contributed by atoms with E-state index >= 15 is 0 Å². The molecule has 0 heterocycles. The molecule has 0 saturated heterocycles. The fraction of sp³-hybridized carbons (Fsp3) is 0.222. The van der Waals surface area contributed by atoms with Crippen LogP contribution in [0, 0.1) is 17.1 Å². The van der Waals surface area contributed by atoms with Gasteiger partial charge in [0, 0.05) is 0 Å². The Morgan fingerprint density at radius 3 is 2.40 bits per heavy atom. The molecule has 1 unspecified atom stereocenters. The molecule has 2 N–H and O–H groups in total. The summed E-state index contributed by atoms with van der Waals surface area (Å²) in [4.78, 5) is 0. The third kappa shape index (κ3) is 2.44. The zero-order valence-corrected chi connectivity index (χ0v) is 7.35. The highest BCUT2D eigenvalue weighted by atomic mass is 19.4. The zero-order valence-electron chi connectivity index (χ0n) is 7.35. The highest BCUT2D eigenvalue weighted by molar-refractivity contribution is 5.35. The average Bonchev–Trinajstić information content (AvgIpc) is 2.15. The molecule has 1 rings (SSSR count). The molecule has 0 saturated carbocycles. The molecule has 2 nitrogen and oxygen atoms in total. The van der Waals surface area contributed by atoms with Crippen molar-refractivity contribution in [2.24, 2.45) is 5.73 Å². The monoisotopic (exact) mass is 218 g/mol. The van der Waals surface area contributed by atoms with Crippen molar-refractivity contribution in [3.05, 3.63) is 35.1 Å². The first-order valence-electron chi connectivity index (χ1n) is 3.88. The van der Waals surface area contributed by atoms with Gasteiger partial charge >= 0.3 is 6.18 Å². The Morgan fingerprint density at radius 1 is 1.33 bits per heavy atom. The van der Waals surface area contributed by atoms with Gasteiger partial charge in [-0.2, -0.15) is 18.4 Å². The molecule has 80 valence electrons. The van der Waals surface area contributed by atoms with E-state index in [1.165, 1.54) is 6.07 Å². The summed E-state index contributed by atoms with van der Waals surface area (Å²) in [5.41, 5.74) is 3.52. The summed E-state index contributed by atoms with van der Waals surface area (Å²) in [6.45, 7) is 0. The smallest absolute Gasteiger partial charge is 0.312 e. The highest BCUT2D eigenvalue weighted by Crippen LogP contribution is 2.34. The maximum absolute atomic E-state index is 12.6. The molecule has 1 atom stereocenters. The Labute approximate surface area is 82.9 Å². The molecule has 0 aliphatic rings. The van der Waals surface area contributed by atoms with E-state index in [9.17, 15) is 17.6 Å². The molecule has 0 amide bonds. The fourth-order valence-corrected chi connectivity index (χ4v) is 1.11. The lowest BCUT2D eigenvalue weighted by Gasteiger charge is -2.13. The SMILES string of the molecule is N#CC(N)c1ccc(F)cc1C(F)(F)F. The van der Waals surface area contributed by atoms with Gasteiger partial charge in [-0.15, -0.1) is 0 Å². The second-order valence-electron chi connectivity index (χ2n) is 2.84. The molecule has 1 aromatic rings. The van der Waals surface area contributed by atoms with Crippen LogP contribution < -0.4 is 5.73 Å². The minimum Gasteiger partial charge on any atom is -0.312 e. The lowest BCUT2D eigenvalue weighted by atomic mass is 10.0. The van der Waals surface area contributed by atoms with Crippen molar-refractivity contribution < 1.29 is 17.6 Å². The number of rotatable bonds is 1. The van der Waals surface area contributed by atoms with Gasteiger partial charge in [-0.1, -0.05) is 6.07 Å². The Morgan fingerprint density at radius 2 is 1.93 bits per heavy atom. The Balaban J connectivity index is 3.35. The van der Waals surface area contributed by atoms with Gasteiger partial charge in [0.1, 0.15) is 11.9 Å². The largest absolute Gasteiger partial charge is 0.416 e. The number of alkyl halides is 3. The van der Waals surface area contributed by atoms with Crippen molar-refractivity contribution in [3.63, 3.8) is 0 Å². The van der Waals surface area contributed by atoms with Crippen LogP contribution in [0.5, 0.6) is 0 Å². The number of hydrogen-bond acceptors (Lipinski definition) is 2. The van der Waals surface area contributed by atoms with Crippen molar-refractivity contribution >= 4 is 0 Å². The first-order valence-corrected chi connectivity index (χ1v) is 3.88. The summed E-state index contributed by atoms with van der Waals surface area (Å²) in [7, 11) is 0. The third-order valence-corrected chi connectivity index (χ3v) is 1.79. The van der Waals surface area contributed by atoms with E-state index in [1.807, 2.05) is 0 Å². The summed E-state index contributed by atoms with van der Waals surface area (Å²) in [6, 6.07) is 2.08. The molecule has 0 aliphatic carbocycles. The van der Waals surface area contributed by atoms with Gasteiger partial charge in [0.2, 0.25) is 0 Å². The molecular formula is C9H6F4N2. The van der Waals surface area contributed by atoms with E-state index in [1.54, 1.807) is 0 Å². The molecule has 6 heteroatoms. The lowest BCUT2D eigenvalue weighted by Crippen LogP contribution is -2.16. The average molecular weight is 218 g/mol. The molecule has 0 bridgehead atoms. The standard InChI is InChI=1S/C9H6F4N2/c10-5-1-2-6(8(15)4-14)7(3-5)9(11,12)13/h1-3,8H,15H2. The van der Waals surface area contributed by atoms with E-state index in [0.717, 1.165) is 12.1 Å². The first-order chi connectivity index (χ1) is 6.86. The molecule has 1 aromatic carbocycles. The number of nitrogens with two attached hydrogens (primary N) is 1. The van der Waals surface area contributed by atoms with Gasteiger partial charge in [-0.3, -0.25) is 0 Å². The maximum Gasteiger partial charge on any atom is 0.416 e. The highest BCUT2D eigenvalue weighted by Gasteiger charge is 2.35. The van der Waals surface area contributed by atoms with Crippen LogP contribution in [0.2, 0.25) is 0 Å². The summed E-state index contributed by atoms with van der Waals surface area (Å²) in [6.07, 6.45) is -4.72. The molecule has 0 spiro atoms. The molecular weight excluding hydrogens is 212 g/mol. The summed E-state index contributed by atoms with van der Waals surface area (Å²) in [5.74, 6) is -1.02. The minimum atomic E-state index is -4.72. The third-order valence-electron chi connectivity index (χ3n) is 1.79. The predicted octanol–water partition coefficient (Wildman–Crippen LogP) is 2.37. The van der Waals surface area contributed by atoms with Crippen molar-refractivity contribution in [1.82, 2.24) is 0 Å². The lowest BCUT2D eigenvalue weighted by molar-refractivity contribution is -0.138. The first kappa shape index (κ1) is 11.5. The normalized spacial score (nSPS) is 13.3. The second kappa shape index (κ2) is 3.87. The van der Waals surface area contributed by atoms with Crippen LogP contribution in [-0.4, -0.2) is 0 Å². The number of benzene rings is 1. The Hall–Kier alpha value is -1.61. The van der Waals surface area contributed by atoms with E-state index in [2.05, 4.69) is 0 Å². The predicted molar refractivity (Wildman–Crippen MR) is 43.9 cm³/mol. The van der Waals surface area contributed by atoms with Crippen LogP contribution >= 0.6 is 0 Å². The van der Waals surface area contributed by atoms with Gasteiger partial charge in [0.05, 0.1) is 11.6 Å². The zero-order chi connectivity index (χ0) is 11.6. The van der Waals surface area contributed by atoms with Crippen LogP contribution in [-0.2, 0) is 6.18 Å². The number of halogens is 4. The van der Waals surface area contributed by atoms with E-state index in [0.29, 0.717) is 6.07 Å². The molecule has 0 aliphatic heterocycles. The minimum absolute atomic E-state index is 0.326. The van der Waals surface area contributed by atoms with Gasteiger partial charge < -0.3 is 5.73 Å². The quantitative estimate of drug-likeness (QED) is 0.735. The molecule has 0 aromatic heterocycles. The molecule has 0 radical (unpaired) electrons. The maximum atomic E-state index is 12.6. The number of hydrogen-bond donors (Lipinski definition) is 1. The van der Waals surface area contributed by atoms with Crippen molar-refractivity contribution in [1.29, 1.82) is 5.26 Å². The molecule has 0 fully saturated rings. The van der Waals surface area contributed by atoms with Crippen molar-refractivity contribution in [2.45, 2.75) is 12.2 Å². The van der Waals surface area contributed by atoms with Gasteiger partial charge in [0.25, 0.3) is 0 Å². The molecule has 15 heavy (non-hydrogen) atoms. The van der Waals surface area contributed by atoms with Crippen LogP contribution in [0.4, 0.5) is 17.6 Å². The van der Waals surface area contributed by atoms with Crippen LogP contribution in [0.25, 0.3) is 0 Å². The topological polar surface area (TPSA) is 49.8 Å². The van der Waals surface area contributed by atoms with Crippen molar-refractivity contribution in [3.8, 4) is 6.07 Å². The van der Waals surface area contributed by atoms with Crippen LogP contribution in [0.15, 0.2) is 18.2 Å². The van der Waals surface area contributed by atoms with Gasteiger partial charge in [-0.05, 0) is 17.7 Å². The van der Waals surface area contributed by atoms with Crippen LogP contribution in [0.1, 0.15) is 17.2 Å². The van der Waals surface area contributed by atoms with E-state index < -0.39 is 29.2 Å². The van der Waals surface area contributed by atoms with E-state index in [-0.39, 0.29) is 0 Å².